The predicted molar refractivity (Wildman–Crippen MR) is 141 cm³/mol. The monoisotopic (exact) mass is 460 g/mol. The molecule has 0 atom stereocenters. The van der Waals surface area contributed by atoms with Gasteiger partial charge in [-0.1, -0.05) is 93.1 Å². The molecule has 0 aliphatic heterocycles. The van der Waals surface area contributed by atoms with Crippen molar-refractivity contribution in [2.24, 2.45) is 0 Å². The largest absolute Gasteiger partial charge is 0.534 e. The van der Waals surface area contributed by atoms with Crippen LogP contribution in [0.2, 0.25) is 5.04 Å². The molecule has 3 aromatic carbocycles. The molecule has 0 fully saturated rings. The normalized spacial score (nSPS) is 11.6. The van der Waals surface area contributed by atoms with Crippen LogP contribution in [0.25, 0.3) is 0 Å². The third kappa shape index (κ3) is 5.17. The summed E-state index contributed by atoms with van der Waals surface area (Å²) in [6.07, 6.45) is 2.94. The molecule has 174 valence electrons. The van der Waals surface area contributed by atoms with Crippen molar-refractivity contribution in [3.8, 4) is 17.2 Å². The zero-order valence-corrected chi connectivity index (χ0v) is 21.9. The SMILES string of the molecule is COc1cc(OC)c(CC=C(C)C)c(O[Si](c2ccccc2)(c2ccccc2)C(C)(C)C)c1. The first kappa shape index (κ1) is 24.7. The van der Waals surface area contributed by atoms with Crippen molar-refractivity contribution in [3.05, 3.63) is 90.0 Å². The van der Waals surface area contributed by atoms with Gasteiger partial charge in [-0.2, -0.15) is 0 Å². The minimum Gasteiger partial charge on any atom is -0.534 e. The van der Waals surface area contributed by atoms with Gasteiger partial charge in [-0.15, -0.1) is 0 Å². The number of ether oxygens (including phenoxy) is 2. The quantitative estimate of drug-likeness (QED) is 0.298. The van der Waals surface area contributed by atoms with Crippen molar-refractivity contribution in [1.82, 2.24) is 0 Å². The molecule has 0 saturated heterocycles. The van der Waals surface area contributed by atoms with E-state index < -0.39 is 8.32 Å². The molecule has 4 heteroatoms. The molecule has 0 spiro atoms. The Hall–Kier alpha value is -2.98. The van der Waals surface area contributed by atoms with Crippen molar-refractivity contribution >= 4 is 18.7 Å². The first-order valence-electron chi connectivity index (χ1n) is 11.4. The number of benzene rings is 3. The lowest BCUT2D eigenvalue weighted by Crippen LogP contribution is -2.68. The van der Waals surface area contributed by atoms with Gasteiger partial charge in [0.25, 0.3) is 0 Å². The summed E-state index contributed by atoms with van der Waals surface area (Å²) in [5.74, 6) is 2.32. The zero-order chi connectivity index (χ0) is 24.1. The standard InChI is InChI=1S/C29H36O3Si/c1-22(2)18-19-26-27(31-7)20-23(30-6)21-28(26)32-33(29(3,4)5,24-14-10-8-11-15-24)25-16-12-9-13-17-25/h8-18,20-21H,19H2,1-7H3. The maximum atomic E-state index is 7.34. The van der Waals surface area contributed by atoms with E-state index in [2.05, 4.69) is 101 Å². The van der Waals surface area contributed by atoms with E-state index in [0.29, 0.717) is 0 Å². The Kier molecular flexibility index (Phi) is 7.70. The highest BCUT2D eigenvalue weighted by atomic mass is 28.4. The van der Waals surface area contributed by atoms with Gasteiger partial charge in [0.05, 0.1) is 14.2 Å². The summed E-state index contributed by atoms with van der Waals surface area (Å²) >= 11 is 0. The van der Waals surface area contributed by atoms with Gasteiger partial charge in [-0.25, -0.2) is 0 Å². The summed E-state index contributed by atoms with van der Waals surface area (Å²) in [5, 5.41) is 2.33. The Bertz CT molecular complexity index is 1040. The summed E-state index contributed by atoms with van der Waals surface area (Å²) in [4.78, 5) is 0. The Morgan fingerprint density at radius 2 is 1.30 bits per heavy atom. The lowest BCUT2D eigenvalue weighted by atomic mass is 10.1. The van der Waals surface area contributed by atoms with E-state index in [9.17, 15) is 0 Å². The fourth-order valence-electron chi connectivity index (χ4n) is 4.31. The Balaban J connectivity index is 2.33. The van der Waals surface area contributed by atoms with Crippen molar-refractivity contribution in [2.75, 3.05) is 14.2 Å². The molecule has 3 aromatic rings. The number of methoxy groups -OCH3 is 2. The highest BCUT2D eigenvalue weighted by molar-refractivity contribution is 7.00. The molecule has 0 radical (unpaired) electrons. The molecule has 3 rings (SSSR count). The molecular formula is C29H36O3Si. The average molecular weight is 461 g/mol. The van der Waals surface area contributed by atoms with Gasteiger partial charge in [0.2, 0.25) is 0 Å². The molecule has 0 bridgehead atoms. The van der Waals surface area contributed by atoms with E-state index in [1.165, 1.54) is 15.9 Å². The van der Waals surface area contributed by atoms with Gasteiger partial charge in [0.15, 0.2) is 0 Å². The van der Waals surface area contributed by atoms with Crippen LogP contribution in [0.1, 0.15) is 40.2 Å². The molecular weight excluding hydrogens is 424 g/mol. The molecule has 0 aliphatic rings. The summed E-state index contributed by atoms with van der Waals surface area (Å²) in [6.45, 7) is 11.1. The van der Waals surface area contributed by atoms with Crippen LogP contribution < -0.4 is 24.3 Å². The first-order chi connectivity index (χ1) is 15.7. The number of hydrogen-bond donors (Lipinski definition) is 0. The van der Waals surface area contributed by atoms with E-state index in [4.69, 9.17) is 13.9 Å². The number of rotatable bonds is 8. The topological polar surface area (TPSA) is 27.7 Å². The van der Waals surface area contributed by atoms with Gasteiger partial charge < -0.3 is 13.9 Å². The van der Waals surface area contributed by atoms with E-state index in [0.717, 1.165) is 29.2 Å². The Labute approximate surface area is 200 Å². The van der Waals surface area contributed by atoms with Crippen molar-refractivity contribution in [3.63, 3.8) is 0 Å². The second-order valence-corrected chi connectivity index (χ2v) is 13.8. The minimum absolute atomic E-state index is 0.139. The molecule has 0 aromatic heterocycles. The fourth-order valence-corrected chi connectivity index (χ4v) is 8.75. The smallest absolute Gasteiger partial charge is 0.319 e. The van der Waals surface area contributed by atoms with Crippen LogP contribution in [0.4, 0.5) is 0 Å². The van der Waals surface area contributed by atoms with Crippen molar-refractivity contribution in [1.29, 1.82) is 0 Å². The second-order valence-electron chi connectivity index (χ2n) is 9.56. The molecule has 0 amide bonds. The van der Waals surface area contributed by atoms with E-state index in [1.807, 2.05) is 12.1 Å². The molecule has 0 heterocycles. The van der Waals surface area contributed by atoms with Gasteiger partial charge in [0, 0.05) is 17.7 Å². The van der Waals surface area contributed by atoms with Crippen LogP contribution in [-0.2, 0) is 6.42 Å². The fraction of sp³-hybridized carbons (Fsp3) is 0.310. The van der Waals surface area contributed by atoms with Crippen LogP contribution in [0.3, 0.4) is 0 Å². The lowest BCUT2D eigenvalue weighted by molar-refractivity contribution is 0.385. The van der Waals surface area contributed by atoms with Crippen LogP contribution >= 0.6 is 0 Å². The second kappa shape index (κ2) is 10.3. The first-order valence-corrected chi connectivity index (χ1v) is 13.3. The highest BCUT2D eigenvalue weighted by Crippen LogP contribution is 2.42. The predicted octanol–water partition coefficient (Wildman–Crippen LogP) is 6.15. The Morgan fingerprint density at radius 1 is 0.788 bits per heavy atom. The zero-order valence-electron chi connectivity index (χ0n) is 20.9. The van der Waals surface area contributed by atoms with Crippen LogP contribution in [0, 0.1) is 0 Å². The average Bonchev–Trinajstić information content (AvgIpc) is 2.81. The Morgan fingerprint density at radius 3 is 1.73 bits per heavy atom. The van der Waals surface area contributed by atoms with Crippen molar-refractivity contribution in [2.45, 2.75) is 46.1 Å². The van der Waals surface area contributed by atoms with Gasteiger partial charge >= 0.3 is 8.32 Å². The molecule has 3 nitrogen and oxygen atoms in total. The van der Waals surface area contributed by atoms with E-state index >= 15 is 0 Å². The van der Waals surface area contributed by atoms with E-state index in [1.54, 1.807) is 14.2 Å². The third-order valence-corrected chi connectivity index (χ3v) is 10.9. The molecule has 0 N–H and O–H groups in total. The molecule has 0 aliphatic carbocycles. The maximum Gasteiger partial charge on any atom is 0.319 e. The minimum atomic E-state index is -2.78. The summed E-state index contributed by atoms with van der Waals surface area (Å²) < 4.78 is 18.8. The number of allylic oxidation sites excluding steroid dienone is 2. The van der Waals surface area contributed by atoms with E-state index in [-0.39, 0.29) is 5.04 Å². The summed E-state index contributed by atoms with van der Waals surface area (Å²) in [7, 11) is 0.599. The third-order valence-electron chi connectivity index (χ3n) is 5.99. The van der Waals surface area contributed by atoms with Crippen molar-refractivity contribution < 1.29 is 13.9 Å². The maximum absolute atomic E-state index is 7.34. The number of hydrogen-bond acceptors (Lipinski definition) is 3. The van der Waals surface area contributed by atoms with Crippen LogP contribution in [0.15, 0.2) is 84.4 Å². The van der Waals surface area contributed by atoms with Crippen LogP contribution in [0.5, 0.6) is 17.2 Å². The van der Waals surface area contributed by atoms with Gasteiger partial charge in [0.1, 0.15) is 17.2 Å². The van der Waals surface area contributed by atoms with Gasteiger partial charge in [-0.05, 0) is 35.7 Å². The lowest BCUT2D eigenvalue weighted by Gasteiger charge is -2.43. The molecule has 0 unspecified atom stereocenters. The molecule has 0 saturated carbocycles. The summed E-state index contributed by atoms with van der Waals surface area (Å²) in [5.41, 5.74) is 2.29. The van der Waals surface area contributed by atoms with Crippen LogP contribution in [-0.4, -0.2) is 22.5 Å². The highest BCUT2D eigenvalue weighted by Gasteiger charge is 2.52. The van der Waals surface area contributed by atoms with Gasteiger partial charge in [-0.3, -0.25) is 0 Å². The molecule has 33 heavy (non-hydrogen) atoms. The summed E-state index contributed by atoms with van der Waals surface area (Å²) in [6, 6.07) is 25.3.